The second kappa shape index (κ2) is 9.69. The zero-order chi connectivity index (χ0) is 25.2. The summed E-state index contributed by atoms with van der Waals surface area (Å²) in [4.78, 5) is 8.20. The topological polar surface area (TPSA) is 151 Å². The van der Waals surface area contributed by atoms with Gasteiger partial charge in [0.05, 0.1) is 24.4 Å². The number of alkyl halides is 3. The summed E-state index contributed by atoms with van der Waals surface area (Å²) in [5, 5.41) is 8.32. The monoisotopic (exact) mass is 510 g/mol. The van der Waals surface area contributed by atoms with E-state index in [2.05, 4.69) is 24.9 Å². The zero-order valence-electron chi connectivity index (χ0n) is 17.8. The molecule has 0 amide bonds. The van der Waals surface area contributed by atoms with Gasteiger partial charge >= 0.3 is 6.18 Å². The van der Waals surface area contributed by atoms with E-state index in [4.69, 9.17) is 16.0 Å². The number of nitrogens with two attached hydrogens (primary N) is 2. The fraction of sp³-hybridized carbons (Fsp3) is 0.200. The summed E-state index contributed by atoms with van der Waals surface area (Å²) in [6, 6.07) is 9.34. The molecule has 1 unspecified atom stereocenters. The van der Waals surface area contributed by atoms with Crippen molar-refractivity contribution in [3.63, 3.8) is 0 Å². The molecule has 4 aromatic rings. The fourth-order valence-electron chi connectivity index (χ4n) is 3.07. The van der Waals surface area contributed by atoms with Crippen LogP contribution >= 0.6 is 0 Å². The van der Waals surface area contributed by atoms with Gasteiger partial charge in [-0.3, -0.25) is 9.40 Å². The third kappa shape index (κ3) is 5.74. The van der Waals surface area contributed by atoms with Crippen molar-refractivity contribution in [3.05, 3.63) is 54.0 Å². The quantitative estimate of drug-likeness (QED) is 0.305. The number of anilines is 3. The number of hydrogen-bond acceptors (Lipinski definition) is 8. The molecule has 15 heteroatoms. The van der Waals surface area contributed by atoms with E-state index in [0.717, 1.165) is 0 Å². The number of aromatic nitrogens is 5. The average molecular weight is 510 g/mol. The Morgan fingerprint density at radius 2 is 1.80 bits per heavy atom. The minimum Gasteiger partial charge on any atom is -0.382 e. The van der Waals surface area contributed by atoms with Crippen LogP contribution in [0.4, 0.5) is 34.9 Å². The lowest BCUT2D eigenvalue weighted by Gasteiger charge is -2.12. The predicted octanol–water partition coefficient (Wildman–Crippen LogP) is 3.37. The molecule has 4 rings (SSSR count). The zero-order valence-corrected chi connectivity index (χ0v) is 18.6. The van der Waals surface area contributed by atoms with E-state index < -0.39 is 35.2 Å². The van der Waals surface area contributed by atoms with Crippen molar-refractivity contribution in [2.24, 2.45) is 0 Å². The van der Waals surface area contributed by atoms with Crippen molar-refractivity contribution < 1.29 is 26.3 Å². The Kier molecular flexibility index (Phi) is 6.68. The lowest BCUT2D eigenvalue weighted by atomic mass is 10.2. The minimum atomic E-state index is -4.46. The summed E-state index contributed by atoms with van der Waals surface area (Å²) < 4.78 is 72.0. The summed E-state index contributed by atoms with van der Waals surface area (Å²) in [6.07, 6.45) is -4.35. The molecule has 1 atom stereocenters. The highest BCUT2D eigenvalue weighted by Gasteiger charge is 2.28. The van der Waals surface area contributed by atoms with E-state index in [1.54, 1.807) is 30.3 Å². The molecule has 1 aromatic carbocycles. The number of hydrogen-bond donors (Lipinski definition) is 3. The van der Waals surface area contributed by atoms with Crippen molar-refractivity contribution in [1.29, 1.82) is 0 Å². The molecule has 3 heterocycles. The van der Waals surface area contributed by atoms with Gasteiger partial charge < -0.3 is 16.0 Å². The van der Waals surface area contributed by atoms with Crippen LogP contribution in [-0.4, -0.2) is 41.0 Å². The standard InChI is InChI=1S/C20H18F4N8O2S/c21-12-4-2-1-3-11(12)10-32-15(13-5-7-34-30-13)9-14(29-32)19-27-17(25)16(18(26)28-19)31-35(33)8-6-20(22,23)24/h1-5,7,9,31H,6,8,10H2,(H4,25,26,27,28). The molecule has 0 aliphatic heterocycles. The van der Waals surface area contributed by atoms with E-state index in [0.29, 0.717) is 17.0 Å². The van der Waals surface area contributed by atoms with Crippen LogP contribution in [0.1, 0.15) is 12.0 Å². The molecule has 0 spiro atoms. The number of halogens is 4. The van der Waals surface area contributed by atoms with Gasteiger partial charge in [-0.15, -0.1) is 0 Å². The van der Waals surface area contributed by atoms with E-state index in [9.17, 15) is 21.8 Å². The Labute approximate surface area is 197 Å². The first-order valence-electron chi connectivity index (χ1n) is 9.98. The molecular weight excluding hydrogens is 492 g/mol. The van der Waals surface area contributed by atoms with Gasteiger partial charge in [-0.2, -0.15) is 18.3 Å². The Balaban J connectivity index is 1.64. The van der Waals surface area contributed by atoms with Crippen molar-refractivity contribution in [3.8, 4) is 22.9 Å². The molecule has 0 saturated carbocycles. The molecule has 0 saturated heterocycles. The van der Waals surface area contributed by atoms with Crippen LogP contribution in [0.2, 0.25) is 0 Å². The first kappa shape index (κ1) is 24.1. The largest absolute Gasteiger partial charge is 0.390 e. The molecule has 10 nitrogen and oxygen atoms in total. The Morgan fingerprint density at radius 3 is 2.43 bits per heavy atom. The maximum absolute atomic E-state index is 14.2. The highest BCUT2D eigenvalue weighted by Crippen LogP contribution is 2.30. The minimum absolute atomic E-state index is 0.0105. The number of nitrogen functional groups attached to an aromatic ring is 2. The molecule has 0 aliphatic rings. The second-order valence-corrected chi connectivity index (χ2v) is 8.56. The van der Waals surface area contributed by atoms with E-state index in [-0.39, 0.29) is 35.4 Å². The highest BCUT2D eigenvalue weighted by atomic mass is 32.2. The number of benzene rings is 1. The van der Waals surface area contributed by atoms with Gasteiger partial charge in [0, 0.05) is 11.6 Å². The van der Waals surface area contributed by atoms with Gasteiger partial charge in [-0.1, -0.05) is 23.4 Å². The molecule has 0 bridgehead atoms. The van der Waals surface area contributed by atoms with Crippen molar-refractivity contribution in [2.45, 2.75) is 19.1 Å². The maximum Gasteiger partial charge on any atom is 0.390 e. The predicted molar refractivity (Wildman–Crippen MR) is 120 cm³/mol. The summed E-state index contributed by atoms with van der Waals surface area (Å²) in [7, 11) is -2.12. The Hall–Kier alpha value is -4.01. The maximum atomic E-state index is 14.2. The fourth-order valence-corrected chi connectivity index (χ4v) is 4.03. The second-order valence-electron chi connectivity index (χ2n) is 7.26. The molecular formula is C20H18F4N8O2S. The third-order valence-corrected chi connectivity index (χ3v) is 5.75. The average Bonchev–Trinajstić information content (AvgIpc) is 3.46. The normalized spacial score (nSPS) is 12.6. The summed E-state index contributed by atoms with van der Waals surface area (Å²) in [5.41, 5.74) is 13.1. The van der Waals surface area contributed by atoms with Crippen molar-refractivity contribution in [1.82, 2.24) is 24.9 Å². The molecule has 0 aliphatic carbocycles. The smallest absolute Gasteiger partial charge is 0.382 e. The summed E-state index contributed by atoms with van der Waals surface area (Å²) >= 11 is 0. The van der Waals surface area contributed by atoms with Crippen LogP contribution in [0.15, 0.2) is 47.2 Å². The van der Waals surface area contributed by atoms with Gasteiger partial charge in [-0.05, 0) is 12.1 Å². The lowest BCUT2D eigenvalue weighted by Crippen LogP contribution is -2.18. The van der Waals surface area contributed by atoms with Crippen LogP contribution in [-0.2, 0) is 17.5 Å². The third-order valence-electron chi connectivity index (χ3n) is 4.74. The van der Waals surface area contributed by atoms with Crippen LogP contribution in [0.3, 0.4) is 0 Å². The first-order valence-corrected chi connectivity index (χ1v) is 11.3. The van der Waals surface area contributed by atoms with Gasteiger partial charge in [0.2, 0.25) is 0 Å². The van der Waals surface area contributed by atoms with Gasteiger partial charge in [0.1, 0.15) is 40.1 Å². The summed E-state index contributed by atoms with van der Waals surface area (Å²) in [6.45, 7) is 0.0532. The van der Waals surface area contributed by atoms with Crippen LogP contribution in [0, 0.1) is 5.82 Å². The highest BCUT2D eigenvalue weighted by molar-refractivity contribution is 7.86. The lowest BCUT2D eigenvalue weighted by molar-refractivity contribution is -0.129. The molecule has 184 valence electrons. The van der Waals surface area contributed by atoms with Crippen LogP contribution in [0.5, 0.6) is 0 Å². The number of nitrogens with zero attached hydrogens (tertiary/aromatic N) is 5. The van der Waals surface area contributed by atoms with Crippen LogP contribution < -0.4 is 16.2 Å². The van der Waals surface area contributed by atoms with E-state index in [1.165, 1.54) is 17.0 Å². The molecule has 0 fully saturated rings. The van der Waals surface area contributed by atoms with Crippen LogP contribution in [0.25, 0.3) is 22.9 Å². The van der Waals surface area contributed by atoms with Crippen molar-refractivity contribution >= 4 is 28.3 Å². The first-order chi connectivity index (χ1) is 16.6. The Morgan fingerprint density at radius 1 is 1.09 bits per heavy atom. The molecule has 3 aromatic heterocycles. The molecule has 35 heavy (non-hydrogen) atoms. The van der Waals surface area contributed by atoms with Gasteiger partial charge in [0.25, 0.3) is 0 Å². The number of rotatable bonds is 8. The summed E-state index contributed by atoms with van der Waals surface area (Å²) in [5.74, 6) is -1.61. The van der Waals surface area contributed by atoms with E-state index >= 15 is 0 Å². The van der Waals surface area contributed by atoms with E-state index in [1.807, 2.05) is 0 Å². The van der Waals surface area contributed by atoms with Gasteiger partial charge in [0.15, 0.2) is 17.5 Å². The molecule has 0 radical (unpaired) electrons. The van der Waals surface area contributed by atoms with Crippen molar-refractivity contribution in [2.75, 3.05) is 21.9 Å². The number of nitrogens with one attached hydrogen (secondary N) is 1. The Bertz CT molecular complexity index is 1330. The van der Waals surface area contributed by atoms with Gasteiger partial charge in [-0.25, -0.2) is 18.6 Å². The SMILES string of the molecule is Nc1nc(-c2cc(-c3ccon3)n(Cc3ccccc3F)n2)nc(N)c1NS(=O)CCC(F)(F)F. The molecule has 5 N–H and O–H groups in total.